The first kappa shape index (κ1) is 13.5. The molecule has 0 radical (unpaired) electrons. The molecule has 0 fully saturated rings. The van der Waals surface area contributed by atoms with E-state index in [2.05, 4.69) is 30.2 Å². The summed E-state index contributed by atoms with van der Waals surface area (Å²) in [6, 6.07) is 8.26. The first-order valence-corrected chi connectivity index (χ1v) is 7.17. The van der Waals surface area contributed by atoms with Gasteiger partial charge in [-0.3, -0.25) is 0 Å². The second-order valence-corrected chi connectivity index (χ2v) is 6.12. The van der Waals surface area contributed by atoms with Gasteiger partial charge >= 0.3 is 0 Å². The Bertz CT molecular complexity index is 536. The Morgan fingerprint density at radius 3 is 2.78 bits per heavy atom. The minimum Gasteiger partial charge on any atom is -0.305 e. The number of hydrogen-bond donors (Lipinski definition) is 1. The summed E-state index contributed by atoms with van der Waals surface area (Å²) in [5.41, 5.74) is 2.34. The van der Waals surface area contributed by atoms with Crippen LogP contribution >= 0.6 is 22.9 Å². The summed E-state index contributed by atoms with van der Waals surface area (Å²) in [6.45, 7) is 7.10. The molecule has 4 heteroatoms. The third-order valence-electron chi connectivity index (χ3n) is 2.92. The number of nitrogens with one attached hydrogen (secondary N) is 1. The van der Waals surface area contributed by atoms with E-state index in [1.807, 2.05) is 25.1 Å². The maximum Gasteiger partial charge on any atom is 0.0900 e. The molecule has 18 heavy (non-hydrogen) atoms. The molecular formula is C14H17ClN2S. The summed E-state index contributed by atoms with van der Waals surface area (Å²) in [5, 5.41) is 5.42. The van der Waals surface area contributed by atoms with Gasteiger partial charge in [0.15, 0.2) is 0 Å². The van der Waals surface area contributed by atoms with E-state index >= 15 is 0 Å². The van der Waals surface area contributed by atoms with Gasteiger partial charge in [0, 0.05) is 22.5 Å². The lowest BCUT2D eigenvalue weighted by Gasteiger charge is -2.14. The van der Waals surface area contributed by atoms with Crippen LogP contribution in [0.1, 0.15) is 34.1 Å². The van der Waals surface area contributed by atoms with Crippen molar-refractivity contribution >= 4 is 22.9 Å². The lowest BCUT2D eigenvalue weighted by Crippen LogP contribution is -2.17. The number of thiazole rings is 1. The van der Waals surface area contributed by atoms with E-state index in [0.717, 1.165) is 22.3 Å². The third kappa shape index (κ3) is 3.31. The molecule has 96 valence electrons. The topological polar surface area (TPSA) is 24.9 Å². The van der Waals surface area contributed by atoms with Crippen LogP contribution in [0.3, 0.4) is 0 Å². The first-order chi connectivity index (χ1) is 8.56. The molecule has 0 saturated carbocycles. The molecule has 1 atom stereocenters. The van der Waals surface area contributed by atoms with Crippen molar-refractivity contribution in [2.24, 2.45) is 0 Å². The lowest BCUT2D eigenvalue weighted by atomic mass is 10.1. The SMILES string of the molecule is Cc1nc(C)c(CNC(C)c2cccc(Cl)c2)s1. The van der Waals surface area contributed by atoms with E-state index < -0.39 is 0 Å². The van der Waals surface area contributed by atoms with E-state index in [4.69, 9.17) is 11.6 Å². The number of hydrogen-bond acceptors (Lipinski definition) is 3. The van der Waals surface area contributed by atoms with Crippen LogP contribution in [0.4, 0.5) is 0 Å². The molecule has 1 aromatic carbocycles. The van der Waals surface area contributed by atoms with Gasteiger partial charge in [0.05, 0.1) is 10.7 Å². The molecule has 1 N–H and O–H groups in total. The van der Waals surface area contributed by atoms with Gasteiger partial charge in [-0.05, 0) is 38.5 Å². The normalized spacial score (nSPS) is 12.7. The predicted octanol–water partition coefficient (Wildman–Crippen LogP) is 4.26. The fraction of sp³-hybridized carbons (Fsp3) is 0.357. The summed E-state index contributed by atoms with van der Waals surface area (Å²) >= 11 is 7.75. The van der Waals surface area contributed by atoms with Crippen molar-refractivity contribution in [1.82, 2.24) is 10.3 Å². The van der Waals surface area contributed by atoms with Crippen molar-refractivity contribution in [3.05, 3.63) is 50.4 Å². The van der Waals surface area contributed by atoms with Gasteiger partial charge in [-0.25, -0.2) is 4.98 Å². The molecule has 1 aromatic heterocycles. The number of rotatable bonds is 4. The van der Waals surface area contributed by atoms with Crippen LogP contribution in [0, 0.1) is 13.8 Å². The average molecular weight is 281 g/mol. The standard InChI is InChI=1S/C14H17ClN2S/c1-9(12-5-4-6-13(15)7-12)16-8-14-10(2)17-11(3)18-14/h4-7,9,16H,8H2,1-3H3. The molecule has 0 aliphatic heterocycles. The Morgan fingerprint density at radius 2 is 2.17 bits per heavy atom. The molecule has 0 aliphatic carbocycles. The first-order valence-electron chi connectivity index (χ1n) is 5.98. The van der Waals surface area contributed by atoms with Crippen LogP contribution in [-0.2, 0) is 6.54 Å². The Labute approximate surface area is 117 Å². The second-order valence-electron chi connectivity index (χ2n) is 4.40. The highest BCUT2D eigenvalue weighted by Crippen LogP contribution is 2.20. The molecule has 0 saturated heterocycles. The maximum absolute atomic E-state index is 6.00. The van der Waals surface area contributed by atoms with Crippen LogP contribution in [0.2, 0.25) is 5.02 Å². The molecule has 1 unspecified atom stereocenters. The Morgan fingerprint density at radius 1 is 1.39 bits per heavy atom. The fourth-order valence-electron chi connectivity index (χ4n) is 1.88. The van der Waals surface area contributed by atoms with Gasteiger partial charge in [-0.2, -0.15) is 0 Å². The van der Waals surface area contributed by atoms with Crippen LogP contribution in [0.15, 0.2) is 24.3 Å². The van der Waals surface area contributed by atoms with E-state index in [9.17, 15) is 0 Å². The van der Waals surface area contributed by atoms with Crippen LogP contribution in [0.5, 0.6) is 0 Å². The quantitative estimate of drug-likeness (QED) is 0.905. The van der Waals surface area contributed by atoms with E-state index in [-0.39, 0.29) is 6.04 Å². The minimum atomic E-state index is 0.283. The van der Waals surface area contributed by atoms with Crippen LogP contribution < -0.4 is 5.32 Å². The number of benzene rings is 1. The van der Waals surface area contributed by atoms with Crippen molar-refractivity contribution in [3.63, 3.8) is 0 Å². The molecule has 0 spiro atoms. The second kappa shape index (κ2) is 5.83. The summed E-state index contributed by atoms with van der Waals surface area (Å²) in [4.78, 5) is 5.74. The maximum atomic E-state index is 6.00. The van der Waals surface area contributed by atoms with Crippen LogP contribution in [0.25, 0.3) is 0 Å². The Kier molecular flexibility index (Phi) is 4.38. The van der Waals surface area contributed by atoms with Crippen molar-refractivity contribution in [1.29, 1.82) is 0 Å². The smallest absolute Gasteiger partial charge is 0.0900 e. The zero-order valence-electron chi connectivity index (χ0n) is 10.8. The molecule has 0 bridgehead atoms. The molecule has 2 aromatic rings. The van der Waals surface area contributed by atoms with E-state index in [0.29, 0.717) is 0 Å². The summed E-state index contributed by atoms with van der Waals surface area (Å²) in [5.74, 6) is 0. The number of aromatic nitrogens is 1. The van der Waals surface area contributed by atoms with Gasteiger partial charge in [0.25, 0.3) is 0 Å². The molecular weight excluding hydrogens is 264 g/mol. The summed E-state index contributed by atoms with van der Waals surface area (Å²) in [6.07, 6.45) is 0. The number of aryl methyl sites for hydroxylation is 2. The van der Waals surface area contributed by atoms with Crippen molar-refractivity contribution < 1.29 is 0 Å². The van der Waals surface area contributed by atoms with Gasteiger partial charge in [0.2, 0.25) is 0 Å². The fourth-order valence-corrected chi connectivity index (χ4v) is 2.96. The zero-order valence-corrected chi connectivity index (χ0v) is 12.4. The Hall–Kier alpha value is -0.900. The van der Waals surface area contributed by atoms with E-state index in [1.54, 1.807) is 11.3 Å². The largest absolute Gasteiger partial charge is 0.305 e. The van der Waals surface area contributed by atoms with E-state index in [1.165, 1.54) is 10.4 Å². The molecule has 2 rings (SSSR count). The van der Waals surface area contributed by atoms with Crippen molar-refractivity contribution in [3.8, 4) is 0 Å². The molecule has 0 aliphatic rings. The molecule has 2 nitrogen and oxygen atoms in total. The van der Waals surface area contributed by atoms with Gasteiger partial charge in [0.1, 0.15) is 0 Å². The predicted molar refractivity (Wildman–Crippen MR) is 78.3 cm³/mol. The highest BCUT2D eigenvalue weighted by molar-refractivity contribution is 7.11. The van der Waals surface area contributed by atoms with Gasteiger partial charge in [-0.15, -0.1) is 11.3 Å². The Balaban J connectivity index is 2.00. The van der Waals surface area contributed by atoms with Crippen molar-refractivity contribution in [2.75, 3.05) is 0 Å². The van der Waals surface area contributed by atoms with Gasteiger partial charge in [-0.1, -0.05) is 23.7 Å². The summed E-state index contributed by atoms with van der Waals surface area (Å²) < 4.78 is 0. The molecule has 0 amide bonds. The molecule has 1 heterocycles. The minimum absolute atomic E-state index is 0.283. The van der Waals surface area contributed by atoms with Crippen LogP contribution in [-0.4, -0.2) is 4.98 Å². The number of nitrogens with zero attached hydrogens (tertiary/aromatic N) is 1. The third-order valence-corrected chi connectivity index (χ3v) is 4.23. The average Bonchev–Trinajstić information content (AvgIpc) is 2.65. The van der Waals surface area contributed by atoms with Gasteiger partial charge < -0.3 is 5.32 Å². The highest BCUT2D eigenvalue weighted by atomic mass is 35.5. The zero-order chi connectivity index (χ0) is 13.1. The lowest BCUT2D eigenvalue weighted by molar-refractivity contribution is 0.577. The summed E-state index contributed by atoms with van der Waals surface area (Å²) in [7, 11) is 0. The number of halogens is 1. The monoisotopic (exact) mass is 280 g/mol. The highest BCUT2D eigenvalue weighted by Gasteiger charge is 2.08. The van der Waals surface area contributed by atoms with Crippen molar-refractivity contribution in [2.45, 2.75) is 33.4 Å².